The largest absolute Gasteiger partial charge is 0.346 e. The lowest BCUT2D eigenvalue weighted by Gasteiger charge is -2.45. The monoisotopic (exact) mass is 408 g/mol. The van der Waals surface area contributed by atoms with E-state index in [9.17, 15) is 13.2 Å². The molecule has 1 aromatic rings. The highest BCUT2D eigenvalue weighted by Crippen LogP contribution is 2.26. The summed E-state index contributed by atoms with van der Waals surface area (Å²) in [5.41, 5.74) is 0.681. The third kappa shape index (κ3) is 4.58. The zero-order valence-electron chi connectivity index (χ0n) is 17.2. The predicted octanol–water partition coefficient (Wildman–Crippen LogP) is 1.44. The van der Waals surface area contributed by atoms with Crippen LogP contribution >= 0.6 is 0 Å². The van der Waals surface area contributed by atoms with Crippen LogP contribution < -0.4 is 10.2 Å². The van der Waals surface area contributed by atoms with Crippen molar-refractivity contribution in [2.45, 2.75) is 61.8 Å². The van der Waals surface area contributed by atoms with Gasteiger partial charge in [-0.1, -0.05) is 6.42 Å². The van der Waals surface area contributed by atoms with E-state index >= 15 is 0 Å². The van der Waals surface area contributed by atoms with Gasteiger partial charge in [0.25, 0.3) is 5.91 Å². The van der Waals surface area contributed by atoms with E-state index in [4.69, 9.17) is 0 Å². The van der Waals surface area contributed by atoms with Gasteiger partial charge in [-0.2, -0.15) is 0 Å². The fraction of sp³-hybridized carbons (Fsp3) is 0.667. The van der Waals surface area contributed by atoms with E-state index in [1.165, 1.54) is 95.0 Å². The molecule has 2 fully saturated rings. The molecule has 1 saturated carbocycles. The molecule has 0 radical (unpaired) electrons. The van der Waals surface area contributed by atoms with Crippen LogP contribution in [0.15, 0.2) is 29.2 Å². The Hall–Kier alpha value is -1.44. The Labute approximate surface area is 169 Å². The number of piperidine rings is 1. The Morgan fingerprint density at radius 3 is 2.14 bits per heavy atom. The number of hydrogen-bond acceptors (Lipinski definition) is 3. The molecule has 1 aromatic carbocycles. The topological polar surface area (TPSA) is 70.9 Å². The molecule has 3 rings (SSSR count). The third-order valence-electron chi connectivity index (χ3n) is 6.50. The molecule has 0 spiro atoms. The highest BCUT2D eigenvalue weighted by atomic mass is 32.2. The Morgan fingerprint density at radius 1 is 1.00 bits per heavy atom. The van der Waals surface area contributed by atoms with Crippen LogP contribution in [0.3, 0.4) is 0 Å². The fourth-order valence-electron chi connectivity index (χ4n) is 4.73. The van der Waals surface area contributed by atoms with Gasteiger partial charge in [0.1, 0.15) is 5.54 Å². The van der Waals surface area contributed by atoms with Crippen molar-refractivity contribution >= 4 is 15.9 Å². The second-order valence-corrected chi connectivity index (χ2v) is 10.7. The van der Waals surface area contributed by atoms with Gasteiger partial charge in [0, 0.05) is 32.5 Å². The molecule has 1 amide bonds. The number of carbonyl (C=O) groups is 1. The first-order valence-corrected chi connectivity index (χ1v) is 12.0. The highest BCUT2D eigenvalue weighted by molar-refractivity contribution is 7.89. The highest BCUT2D eigenvalue weighted by Gasteiger charge is 2.42. The zero-order valence-corrected chi connectivity index (χ0v) is 18.0. The Bertz CT molecular complexity index is 763. The van der Waals surface area contributed by atoms with Crippen LogP contribution in [0.5, 0.6) is 0 Å². The molecule has 0 unspecified atom stereocenters. The minimum atomic E-state index is -3.47. The summed E-state index contributed by atoms with van der Waals surface area (Å²) in [6, 6.07) is 6.23. The number of likely N-dealkylation sites (tertiary alicyclic amines) is 1. The number of benzene rings is 1. The third-order valence-corrected chi connectivity index (χ3v) is 8.33. The number of rotatable bonds is 6. The number of hydrogen-bond donors (Lipinski definition) is 2. The quantitative estimate of drug-likeness (QED) is 0.748. The van der Waals surface area contributed by atoms with Crippen LogP contribution in [0.25, 0.3) is 0 Å². The molecule has 0 bridgehead atoms. The van der Waals surface area contributed by atoms with E-state index in [2.05, 4.69) is 5.32 Å². The maximum Gasteiger partial charge on any atom is 0.251 e. The van der Waals surface area contributed by atoms with E-state index in [0.717, 1.165) is 0 Å². The van der Waals surface area contributed by atoms with Crippen LogP contribution in [0.1, 0.15) is 61.7 Å². The van der Waals surface area contributed by atoms with E-state index in [-0.39, 0.29) is 16.3 Å². The molecule has 28 heavy (non-hydrogen) atoms. The molecule has 7 heteroatoms. The lowest BCUT2D eigenvalue weighted by Crippen LogP contribution is -3.22. The summed E-state index contributed by atoms with van der Waals surface area (Å²) in [7, 11) is -0.470. The predicted molar refractivity (Wildman–Crippen MR) is 110 cm³/mol. The van der Waals surface area contributed by atoms with Gasteiger partial charge < -0.3 is 10.2 Å². The molecule has 1 aliphatic carbocycles. The first kappa shape index (κ1) is 21.3. The number of nitrogens with zero attached hydrogens (tertiary/aromatic N) is 1. The summed E-state index contributed by atoms with van der Waals surface area (Å²) >= 11 is 0. The molecule has 2 N–H and O–H groups in total. The number of sulfonamides is 1. The number of quaternary nitrogens is 1. The van der Waals surface area contributed by atoms with E-state index < -0.39 is 10.0 Å². The minimum Gasteiger partial charge on any atom is -0.346 e. The van der Waals surface area contributed by atoms with Crippen molar-refractivity contribution in [3.8, 4) is 0 Å². The van der Waals surface area contributed by atoms with Crippen LogP contribution in [-0.4, -0.2) is 57.9 Å². The minimum absolute atomic E-state index is 0.116. The summed E-state index contributed by atoms with van der Waals surface area (Å²) in [6.07, 6.45) is 10.1. The standard InChI is InChI=1S/C21H33N3O3S/c1-23(2)28(26,27)19-11-9-18(10-12-19)20(25)22-17-21(13-5-3-6-14-21)24-15-7-4-8-16-24/h9-12H,3-8,13-17H2,1-2H3,(H,22,25)/p+1. The number of amides is 1. The van der Waals surface area contributed by atoms with Crippen LogP contribution in [0, 0.1) is 0 Å². The van der Waals surface area contributed by atoms with Crippen molar-refractivity contribution in [1.82, 2.24) is 9.62 Å². The molecule has 1 heterocycles. The molecule has 0 aromatic heterocycles. The van der Waals surface area contributed by atoms with Crippen molar-refractivity contribution < 1.29 is 18.1 Å². The fourth-order valence-corrected chi connectivity index (χ4v) is 5.64. The number of carbonyl (C=O) groups excluding carboxylic acids is 1. The Morgan fingerprint density at radius 2 is 1.57 bits per heavy atom. The summed E-state index contributed by atoms with van der Waals surface area (Å²) in [5, 5.41) is 3.17. The number of nitrogens with one attached hydrogen (secondary N) is 2. The van der Waals surface area contributed by atoms with Gasteiger partial charge in [-0.25, -0.2) is 12.7 Å². The van der Waals surface area contributed by atoms with Crippen molar-refractivity contribution in [3.05, 3.63) is 29.8 Å². The van der Waals surface area contributed by atoms with Crippen molar-refractivity contribution in [3.63, 3.8) is 0 Å². The molecule has 2 aliphatic rings. The second kappa shape index (κ2) is 8.93. The molecular formula is C21H34N3O3S+. The first-order chi connectivity index (χ1) is 13.3. The van der Waals surface area contributed by atoms with Gasteiger partial charge in [-0.3, -0.25) is 4.79 Å². The summed E-state index contributed by atoms with van der Waals surface area (Å²) in [4.78, 5) is 14.6. The molecule has 1 aliphatic heterocycles. The summed E-state index contributed by atoms with van der Waals surface area (Å²) < 4.78 is 25.5. The van der Waals surface area contributed by atoms with Gasteiger partial charge in [-0.15, -0.1) is 0 Å². The lowest BCUT2D eigenvalue weighted by atomic mass is 9.79. The summed E-state index contributed by atoms with van der Waals surface area (Å²) in [5.74, 6) is -0.116. The van der Waals surface area contributed by atoms with Crippen molar-refractivity contribution in [2.24, 2.45) is 0 Å². The van der Waals surface area contributed by atoms with Gasteiger partial charge in [0.15, 0.2) is 0 Å². The van der Waals surface area contributed by atoms with Gasteiger partial charge in [0.05, 0.1) is 24.5 Å². The zero-order chi connectivity index (χ0) is 20.2. The Balaban J connectivity index is 1.67. The molecule has 1 saturated heterocycles. The molecular weight excluding hydrogens is 374 g/mol. The van der Waals surface area contributed by atoms with E-state index in [1.54, 1.807) is 17.0 Å². The molecule has 6 nitrogen and oxygen atoms in total. The van der Waals surface area contributed by atoms with Gasteiger partial charge in [0.2, 0.25) is 10.0 Å². The van der Waals surface area contributed by atoms with Crippen molar-refractivity contribution in [2.75, 3.05) is 33.7 Å². The van der Waals surface area contributed by atoms with Gasteiger partial charge in [-0.05, 0) is 56.4 Å². The first-order valence-electron chi connectivity index (χ1n) is 10.5. The van der Waals surface area contributed by atoms with Crippen LogP contribution in [-0.2, 0) is 10.0 Å². The maximum atomic E-state index is 12.7. The summed E-state index contributed by atoms with van der Waals surface area (Å²) in [6.45, 7) is 3.14. The lowest BCUT2D eigenvalue weighted by molar-refractivity contribution is -0.957. The average molecular weight is 409 g/mol. The SMILES string of the molecule is CN(C)S(=O)(=O)c1ccc(C(=O)NCC2([NH+]3CCCCC3)CCCCC2)cc1. The van der Waals surface area contributed by atoms with Crippen LogP contribution in [0.2, 0.25) is 0 Å². The van der Waals surface area contributed by atoms with Crippen LogP contribution in [0.4, 0.5) is 0 Å². The van der Waals surface area contributed by atoms with E-state index in [0.29, 0.717) is 12.1 Å². The second-order valence-electron chi connectivity index (χ2n) is 8.50. The van der Waals surface area contributed by atoms with Crippen molar-refractivity contribution in [1.29, 1.82) is 0 Å². The van der Waals surface area contributed by atoms with E-state index in [1.807, 2.05) is 0 Å². The molecule has 0 atom stereocenters. The van der Waals surface area contributed by atoms with Gasteiger partial charge >= 0.3 is 0 Å². The normalized spacial score (nSPS) is 20.8. The smallest absolute Gasteiger partial charge is 0.251 e. The molecule has 156 valence electrons. The maximum absolute atomic E-state index is 12.7. The Kier molecular flexibility index (Phi) is 6.78. The average Bonchev–Trinajstić information content (AvgIpc) is 2.73.